The number of aromatic amines is 1. The first-order chi connectivity index (χ1) is 11.3. The number of halogens is 1. The van der Waals surface area contributed by atoms with Crippen molar-refractivity contribution < 1.29 is 14.3 Å². The van der Waals surface area contributed by atoms with Crippen LogP contribution in [0.2, 0.25) is 0 Å². The minimum absolute atomic E-state index is 0.284. The van der Waals surface area contributed by atoms with Gasteiger partial charge >= 0.3 is 0 Å². The monoisotopic (exact) mass is 326 g/mol. The summed E-state index contributed by atoms with van der Waals surface area (Å²) in [6.45, 7) is 5.21. The topological polar surface area (TPSA) is 65.1 Å². The Balaban J connectivity index is 1.91. The molecule has 0 bridgehead atoms. The Hall–Kier alpha value is -2.66. The average molecular weight is 326 g/mol. The summed E-state index contributed by atoms with van der Waals surface area (Å²) in [6, 6.07) is 11.6. The van der Waals surface area contributed by atoms with Crippen molar-refractivity contribution in [2.24, 2.45) is 0 Å². The lowest BCUT2D eigenvalue weighted by molar-refractivity contribution is 0.0786. The zero-order valence-corrected chi connectivity index (χ0v) is 13.8. The molecule has 3 aromatic rings. The summed E-state index contributed by atoms with van der Waals surface area (Å²) < 4.78 is 13.9. The third-order valence-corrected chi connectivity index (χ3v) is 4.02. The number of carbonyl (C=O) groups is 1. The van der Waals surface area contributed by atoms with Gasteiger partial charge in [0.15, 0.2) is 0 Å². The van der Waals surface area contributed by atoms with Gasteiger partial charge in [-0.05, 0) is 56.2 Å². The SMILES string of the molecule is Cc1ccc(F)c2cc(C(=O)Nc3cccc(C(C)(C)O)c3)[nH]c12. The summed E-state index contributed by atoms with van der Waals surface area (Å²) in [5.74, 6) is -0.729. The molecule has 3 N–H and O–H groups in total. The average Bonchev–Trinajstić information content (AvgIpc) is 2.97. The number of benzene rings is 2. The van der Waals surface area contributed by atoms with Gasteiger partial charge in [0.2, 0.25) is 0 Å². The van der Waals surface area contributed by atoms with Gasteiger partial charge in [0.25, 0.3) is 5.91 Å². The van der Waals surface area contributed by atoms with E-state index in [9.17, 15) is 14.3 Å². The molecule has 0 aliphatic rings. The van der Waals surface area contributed by atoms with Gasteiger partial charge in [0.1, 0.15) is 11.5 Å². The number of nitrogens with one attached hydrogen (secondary N) is 2. The van der Waals surface area contributed by atoms with Crippen LogP contribution in [0.3, 0.4) is 0 Å². The molecule has 0 fully saturated rings. The minimum atomic E-state index is -0.998. The molecule has 0 unspecified atom stereocenters. The van der Waals surface area contributed by atoms with E-state index in [2.05, 4.69) is 10.3 Å². The lowest BCUT2D eigenvalue weighted by Crippen LogP contribution is -2.17. The van der Waals surface area contributed by atoms with Crippen LogP contribution in [0.25, 0.3) is 10.9 Å². The quantitative estimate of drug-likeness (QED) is 0.678. The fourth-order valence-electron chi connectivity index (χ4n) is 2.62. The maximum atomic E-state index is 13.9. The second-order valence-corrected chi connectivity index (χ2v) is 6.43. The Morgan fingerprint density at radius 3 is 2.62 bits per heavy atom. The molecule has 1 heterocycles. The molecule has 0 spiro atoms. The molecule has 3 rings (SSSR count). The van der Waals surface area contributed by atoms with Gasteiger partial charge in [-0.1, -0.05) is 18.2 Å². The molecule has 4 nitrogen and oxygen atoms in total. The number of rotatable bonds is 3. The van der Waals surface area contributed by atoms with Gasteiger partial charge in [-0.15, -0.1) is 0 Å². The molecule has 0 aliphatic heterocycles. The third kappa shape index (κ3) is 3.03. The number of hydrogen-bond donors (Lipinski definition) is 3. The lowest BCUT2D eigenvalue weighted by atomic mass is 9.98. The van der Waals surface area contributed by atoms with E-state index in [0.717, 1.165) is 5.56 Å². The maximum absolute atomic E-state index is 13.9. The van der Waals surface area contributed by atoms with E-state index in [1.165, 1.54) is 12.1 Å². The summed E-state index contributed by atoms with van der Waals surface area (Å²) >= 11 is 0. The lowest BCUT2D eigenvalue weighted by Gasteiger charge is -2.18. The number of aromatic nitrogens is 1. The fourth-order valence-corrected chi connectivity index (χ4v) is 2.62. The highest BCUT2D eigenvalue weighted by Gasteiger charge is 2.17. The Bertz CT molecular complexity index is 884. The predicted molar refractivity (Wildman–Crippen MR) is 92.6 cm³/mol. The van der Waals surface area contributed by atoms with Gasteiger partial charge in [-0.3, -0.25) is 4.79 Å². The van der Waals surface area contributed by atoms with Crippen molar-refractivity contribution in [1.29, 1.82) is 0 Å². The number of hydrogen-bond acceptors (Lipinski definition) is 2. The van der Waals surface area contributed by atoms with Crippen molar-refractivity contribution in [2.45, 2.75) is 26.4 Å². The minimum Gasteiger partial charge on any atom is -0.386 e. The smallest absolute Gasteiger partial charge is 0.272 e. The molecule has 1 aromatic heterocycles. The number of anilines is 1. The van der Waals surface area contributed by atoms with Crippen molar-refractivity contribution in [2.75, 3.05) is 5.32 Å². The van der Waals surface area contributed by atoms with Crippen LogP contribution < -0.4 is 5.32 Å². The van der Waals surface area contributed by atoms with Gasteiger partial charge in [0, 0.05) is 11.1 Å². The first-order valence-corrected chi connectivity index (χ1v) is 7.68. The largest absolute Gasteiger partial charge is 0.386 e. The molecule has 5 heteroatoms. The van der Waals surface area contributed by atoms with Crippen molar-refractivity contribution in [3.05, 3.63) is 65.1 Å². The number of carbonyl (C=O) groups excluding carboxylic acids is 1. The molecule has 0 aliphatic carbocycles. The number of amides is 1. The first-order valence-electron chi connectivity index (χ1n) is 7.68. The summed E-state index contributed by atoms with van der Waals surface area (Å²) in [5, 5.41) is 13.2. The molecule has 1 amide bonds. The van der Waals surface area contributed by atoms with Crippen molar-refractivity contribution in [3.63, 3.8) is 0 Å². The number of aliphatic hydroxyl groups is 1. The Kier molecular flexibility index (Phi) is 3.89. The zero-order valence-electron chi connectivity index (χ0n) is 13.8. The number of aryl methyl sites for hydroxylation is 1. The summed E-state index contributed by atoms with van der Waals surface area (Å²) in [6.07, 6.45) is 0. The van der Waals surface area contributed by atoms with E-state index in [1.54, 1.807) is 44.2 Å². The van der Waals surface area contributed by atoms with Gasteiger partial charge in [0.05, 0.1) is 11.1 Å². The van der Waals surface area contributed by atoms with Crippen LogP contribution in [0.1, 0.15) is 35.5 Å². The highest BCUT2D eigenvalue weighted by Crippen LogP contribution is 2.25. The summed E-state index contributed by atoms with van der Waals surface area (Å²) in [5.41, 5.74) is 2.03. The number of fused-ring (bicyclic) bond motifs is 1. The van der Waals surface area contributed by atoms with Crippen molar-refractivity contribution in [3.8, 4) is 0 Å². The number of H-pyrrole nitrogens is 1. The van der Waals surface area contributed by atoms with Gasteiger partial charge in [-0.2, -0.15) is 0 Å². The van der Waals surface area contributed by atoms with E-state index < -0.39 is 5.60 Å². The van der Waals surface area contributed by atoms with E-state index >= 15 is 0 Å². The standard InChI is InChI=1S/C19H19FN2O2/c1-11-7-8-15(20)14-10-16(22-17(11)14)18(23)21-13-6-4-5-12(9-13)19(2,3)24/h4-10,22,24H,1-3H3,(H,21,23). The van der Waals surface area contributed by atoms with Crippen LogP contribution in [0.4, 0.5) is 10.1 Å². The van der Waals surface area contributed by atoms with Crippen molar-refractivity contribution in [1.82, 2.24) is 4.98 Å². The first kappa shape index (κ1) is 16.2. The third-order valence-electron chi connectivity index (χ3n) is 4.02. The van der Waals surface area contributed by atoms with E-state index in [-0.39, 0.29) is 17.4 Å². The van der Waals surface area contributed by atoms with Gasteiger partial charge < -0.3 is 15.4 Å². The predicted octanol–water partition coefficient (Wildman–Crippen LogP) is 4.10. The molecule has 0 saturated carbocycles. The van der Waals surface area contributed by atoms with E-state index in [4.69, 9.17) is 0 Å². The van der Waals surface area contributed by atoms with Crippen LogP contribution >= 0.6 is 0 Å². The van der Waals surface area contributed by atoms with Gasteiger partial charge in [-0.25, -0.2) is 4.39 Å². The summed E-state index contributed by atoms with van der Waals surface area (Å²) in [7, 11) is 0. The summed E-state index contributed by atoms with van der Waals surface area (Å²) in [4.78, 5) is 15.4. The Morgan fingerprint density at radius 1 is 1.21 bits per heavy atom. The van der Waals surface area contributed by atoms with Crippen molar-refractivity contribution >= 4 is 22.5 Å². The highest BCUT2D eigenvalue weighted by molar-refractivity contribution is 6.06. The Morgan fingerprint density at radius 2 is 1.96 bits per heavy atom. The van der Waals surface area contributed by atoms with Crippen LogP contribution in [-0.4, -0.2) is 16.0 Å². The Labute approximate surface area is 139 Å². The molecule has 0 atom stereocenters. The second-order valence-electron chi connectivity index (χ2n) is 6.43. The van der Waals surface area contributed by atoms with Crippen LogP contribution in [0.5, 0.6) is 0 Å². The maximum Gasteiger partial charge on any atom is 0.272 e. The normalized spacial score (nSPS) is 11.7. The van der Waals surface area contributed by atoms with E-state index in [1.807, 2.05) is 6.92 Å². The molecular weight excluding hydrogens is 307 g/mol. The van der Waals surface area contributed by atoms with E-state index in [0.29, 0.717) is 22.2 Å². The molecule has 124 valence electrons. The molecule has 2 aromatic carbocycles. The highest BCUT2D eigenvalue weighted by atomic mass is 19.1. The molecular formula is C19H19FN2O2. The molecule has 24 heavy (non-hydrogen) atoms. The van der Waals surface area contributed by atoms with Crippen LogP contribution in [0.15, 0.2) is 42.5 Å². The fraction of sp³-hybridized carbons (Fsp3) is 0.211. The molecule has 0 saturated heterocycles. The van der Waals surface area contributed by atoms with Crippen LogP contribution in [0, 0.1) is 12.7 Å². The van der Waals surface area contributed by atoms with Crippen LogP contribution in [-0.2, 0) is 5.60 Å². The second kappa shape index (κ2) is 5.76. The molecule has 0 radical (unpaired) electrons. The zero-order chi connectivity index (χ0) is 17.5.